The number of aromatic nitrogens is 1. The second-order valence-corrected chi connectivity index (χ2v) is 6.34. The number of carbonyl (C=O) groups is 3. The van der Waals surface area contributed by atoms with E-state index in [4.69, 9.17) is 9.47 Å². The molecule has 0 aliphatic heterocycles. The van der Waals surface area contributed by atoms with Gasteiger partial charge < -0.3 is 14.5 Å². The van der Waals surface area contributed by atoms with Gasteiger partial charge in [-0.05, 0) is 49.6 Å². The smallest absolute Gasteiger partial charge is 0.340 e. The fourth-order valence-corrected chi connectivity index (χ4v) is 3.26. The standard InChI is InChI=1S/C18H21NO5S/c1-4-23-18(22)17-12(3)19-11(2)16(17)14(20)9-24-15(21)6-5-13-7-8-25-10-13/h7-8,10,19H,4-6,9H2,1-3H3. The number of H-pyrrole nitrogens is 1. The van der Waals surface area contributed by atoms with Gasteiger partial charge in [0, 0.05) is 17.8 Å². The lowest BCUT2D eigenvalue weighted by Crippen LogP contribution is -2.18. The zero-order valence-corrected chi connectivity index (χ0v) is 15.3. The van der Waals surface area contributed by atoms with E-state index in [-0.39, 0.29) is 24.2 Å². The second kappa shape index (κ2) is 8.62. The van der Waals surface area contributed by atoms with E-state index in [0.29, 0.717) is 17.8 Å². The summed E-state index contributed by atoms with van der Waals surface area (Å²) in [5.74, 6) is -1.42. The van der Waals surface area contributed by atoms with Crippen LogP contribution in [0.2, 0.25) is 0 Å². The van der Waals surface area contributed by atoms with E-state index in [1.165, 1.54) is 0 Å². The first-order valence-corrected chi connectivity index (χ1v) is 8.94. The van der Waals surface area contributed by atoms with E-state index in [0.717, 1.165) is 5.56 Å². The van der Waals surface area contributed by atoms with Gasteiger partial charge in [0.1, 0.15) is 0 Å². The van der Waals surface area contributed by atoms with E-state index in [2.05, 4.69) is 4.98 Å². The second-order valence-electron chi connectivity index (χ2n) is 5.56. The van der Waals surface area contributed by atoms with Gasteiger partial charge in [-0.15, -0.1) is 0 Å². The number of aromatic amines is 1. The third kappa shape index (κ3) is 4.79. The molecule has 0 spiro atoms. The Labute approximate surface area is 150 Å². The highest BCUT2D eigenvalue weighted by atomic mass is 32.1. The number of aryl methyl sites for hydroxylation is 3. The van der Waals surface area contributed by atoms with E-state index in [9.17, 15) is 14.4 Å². The molecule has 0 saturated heterocycles. The molecule has 0 fully saturated rings. The van der Waals surface area contributed by atoms with Crippen molar-refractivity contribution in [3.8, 4) is 0 Å². The monoisotopic (exact) mass is 363 g/mol. The Hall–Kier alpha value is -2.41. The molecule has 1 N–H and O–H groups in total. The first-order valence-electron chi connectivity index (χ1n) is 8.00. The highest BCUT2D eigenvalue weighted by Crippen LogP contribution is 2.20. The Kier molecular flexibility index (Phi) is 6.52. The molecule has 0 unspecified atom stereocenters. The van der Waals surface area contributed by atoms with Crippen molar-refractivity contribution in [2.24, 2.45) is 0 Å². The molecule has 0 saturated carbocycles. The van der Waals surface area contributed by atoms with E-state index >= 15 is 0 Å². The summed E-state index contributed by atoms with van der Waals surface area (Å²) in [6.07, 6.45) is 0.785. The molecular formula is C18H21NO5S. The van der Waals surface area contributed by atoms with Gasteiger partial charge in [0.15, 0.2) is 6.61 Å². The topological polar surface area (TPSA) is 85.5 Å². The maximum Gasteiger partial charge on any atom is 0.340 e. The third-order valence-electron chi connectivity index (χ3n) is 3.70. The van der Waals surface area contributed by atoms with Crippen molar-refractivity contribution < 1.29 is 23.9 Å². The average molecular weight is 363 g/mol. The van der Waals surface area contributed by atoms with E-state index in [1.807, 2.05) is 16.8 Å². The van der Waals surface area contributed by atoms with Crippen LogP contribution in [-0.2, 0) is 20.7 Å². The van der Waals surface area contributed by atoms with Gasteiger partial charge in [0.25, 0.3) is 0 Å². The Morgan fingerprint density at radius 3 is 2.48 bits per heavy atom. The Bertz CT molecular complexity index is 761. The number of ketones is 1. The molecule has 0 aliphatic rings. The number of thiophene rings is 1. The minimum Gasteiger partial charge on any atom is -0.462 e. The van der Waals surface area contributed by atoms with Crippen molar-refractivity contribution in [2.75, 3.05) is 13.2 Å². The maximum atomic E-state index is 12.4. The molecule has 0 bridgehead atoms. The molecule has 0 aliphatic carbocycles. The Morgan fingerprint density at radius 1 is 1.12 bits per heavy atom. The van der Waals surface area contributed by atoms with Crippen LogP contribution in [0, 0.1) is 13.8 Å². The molecule has 0 aromatic carbocycles. The van der Waals surface area contributed by atoms with Gasteiger partial charge >= 0.3 is 11.9 Å². The first kappa shape index (κ1) is 18.9. The summed E-state index contributed by atoms with van der Waals surface area (Å²) in [7, 11) is 0. The molecule has 25 heavy (non-hydrogen) atoms. The summed E-state index contributed by atoms with van der Waals surface area (Å²) >= 11 is 1.57. The fraction of sp³-hybridized carbons (Fsp3) is 0.389. The van der Waals surface area contributed by atoms with Crippen LogP contribution in [0.4, 0.5) is 0 Å². The zero-order chi connectivity index (χ0) is 18.4. The van der Waals surface area contributed by atoms with Gasteiger partial charge in [-0.25, -0.2) is 4.79 Å². The van der Waals surface area contributed by atoms with Crippen LogP contribution in [-0.4, -0.2) is 35.9 Å². The van der Waals surface area contributed by atoms with Gasteiger partial charge in [0.2, 0.25) is 5.78 Å². The highest BCUT2D eigenvalue weighted by Gasteiger charge is 2.25. The van der Waals surface area contributed by atoms with Crippen molar-refractivity contribution in [1.82, 2.24) is 4.98 Å². The molecule has 2 rings (SSSR count). The lowest BCUT2D eigenvalue weighted by molar-refractivity contribution is -0.142. The first-order chi connectivity index (χ1) is 11.9. The van der Waals surface area contributed by atoms with Crippen molar-refractivity contribution in [3.05, 3.63) is 44.9 Å². The van der Waals surface area contributed by atoms with Crippen LogP contribution in [0.3, 0.4) is 0 Å². The van der Waals surface area contributed by atoms with Gasteiger partial charge in [0.05, 0.1) is 17.7 Å². The summed E-state index contributed by atoms with van der Waals surface area (Å²) in [6, 6.07) is 1.95. The minimum absolute atomic E-state index is 0.207. The number of esters is 2. The van der Waals surface area contributed by atoms with Crippen molar-refractivity contribution in [2.45, 2.75) is 33.6 Å². The summed E-state index contributed by atoms with van der Waals surface area (Å²) in [5, 5.41) is 3.91. The lowest BCUT2D eigenvalue weighted by Gasteiger charge is -2.07. The molecule has 7 heteroatoms. The van der Waals surface area contributed by atoms with Gasteiger partial charge in [-0.2, -0.15) is 11.3 Å². The number of Topliss-reactive ketones (excluding diaryl/α,β-unsaturated/α-hetero) is 1. The van der Waals surface area contributed by atoms with Crippen LogP contribution < -0.4 is 0 Å². The number of nitrogens with one attached hydrogen (secondary N) is 1. The normalized spacial score (nSPS) is 10.5. The molecule has 0 amide bonds. The molecule has 134 valence electrons. The Balaban J connectivity index is 1.98. The van der Waals surface area contributed by atoms with Gasteiger partial charge in [-0.1, -0.05) is 0 Å². The average Bonchev–Trinajstić information content (AvgIpc) is 3.18. The van der Waals surface area contributed by atoms with Gasteiger partial charge in [-0.3, -0.25) is 9.59 Å². The van der Waals surface area contributed by atoms with Crippen LogP contribution in [0.1, 0.15) is 51.0 Å². The molecule has 6 nitrogen and oxygen atoms in total. The van der Waals surface area contributed by atoms with Crippen LogP contribution in [0.15, 0.2) is 16.8 Å². The molecule has 2 heterocycles. The van der Waals surface area contributed by atoms with Crippen molar-refractivity contribution in [1.29, 1.82) is 0 Å². The summed E-state index contributed by atoms with van der Waals surface area (Å²) in [6.45, 7) is 4.91. The predicted molar refractivity (Wildman–Crippen MR) is 94.2 cm³/mol. The van der Waals surface area contributed by atoms with Crippen LogP contribution >= 0.6 is 11.3 Å². The zero-order valence-electron chi connectivity index (χ0n) is 14.5. The predicted octanol–water partition coefficient (Wildman–Crippen LogP) is 3.23. The third-order valence-corrected chi connectivity index (χ3v) is 4.43. The fourth-order valence-electron chi connectivity index (χ4n) is 2.56. The molecular weight excluding hydrogens is 342 g/mol. The number of rotatable bonds is 8. The Morgan fingerprint density at radius 2 is 1.84 bits per heavy atom. The number of ether oxygens (including phenoxy) is 2. The molecule has 2 aromatic rings. The lowest BCUT2D eigenvalue weighted by atomic mass is 10.1. The summed E-state index contributed by atoms with van der Waals surface area (Å²) in [5.41, 5.74) is 2.61. The number of carbonyl (C=O) groups excluding carboxylic acids is 3. The molecule has 2 aromatic heterocycles. The quantitative estimate of drug-likeness (QED) is 0.575. The summed E-state index contributed by atoms with van der Waals surface area (Å²) in [4.78, 5) is 39.3. The minimum atomic E-state index is -0.559. The van der Waals surface area contributed by atoms with Crippen molar-refractivity contribution >= 4 is 29.1 Å². The largest absolute Gasteiger partial charge is 0.462 e. The molecule has 0 radical (unpaired) electrons. The molecule has 0 atom stereocenters. The number of hydrogen-bond donors (Lipinski definition) is 1. The SMILES string of the molecule is CCOC(=O)c1c(C)[nH]c(C)c1C(=O)COC(=O)CCc1ccsc1. The number of hydrogen-bond acceptors (Lipinski definition) is 6. The maximum absolute atomic E-state index is 12.4. The van der Waals surface area contributed by atoms with E-state index in [1.54, 1.807) is 32.1 Å². The highest BCUT2D eigenvalue weighted by molar-refractivity contribution is 7.07. The van der Waals surface area contributed by atoms with E-state index < -0.39 is 24.3 Å². The van der Waals surface area contributed by atoms with Crippen LogP contribution in [0.5, 0.6) is 0 Å². The van der Waals surface area contributed by atoms with Crippen LogP contribution in [0.25, 0.3) is 0 Å². The summed E-state index contributed by atoms with van der Waals surface area (Å²) < 4.78 is 10.1. The van der Waals surface area contributed by atoms with Crippen molar-refractivity contribution in [3.63, 3.8) is 0 Å².